The average Bonchev–Trinajstić information content (AvgIpc) is 2.44. The maximum absolute atomic E-state index is 3.78. The summed E-state index contributed by atoms with van der Waals surface area (Å²) in [6.07, 6.45) is 22.7. The summed E-state index contributed by atoms with van der Waals surface area (Å²) in [7, 11) is 7.55. The Morgan fingerprint density at radius 2 is 0.542 bits per heavy atom. The number of rotatable bonds is 17. The third-order valence-electron chi connectivity index (χ3n) is 4.85. The molecule has 2 heteroatoms. The summed E-state index contributed by atoms with van der Waals surface area (Å²) in [5.41, 5.74) is 0. The van der Waals surface area contributed by atoms with E-state index in [2.05, 4.69) is 48.2 Å². The number of hydrogen-bond donors (Lipinski definition) is 0. The third kappa shape index (κ3) is 22.4. The van der Waals surface area contributed by atoms with E-state index < -0.39 is 0 Å². The summed E-state index contributed by atoms with van der Waals surface area (Å²) in [4.78, 5) is 0. The van der Waals surface area contributed by atoms with Gasteiger partial charge in [-0.1, -0.05) is 130 Å². The zero-order valence-electron chi connectivity index (χ0n) is 17.3. The van der Waals surface area contributed by atoms with Crippen molar-refractivity contribution in [3.05, 3.63) is 0 Å². The molecule has 0 unspecified atom stereocenters. The van der Waals surface area contributed by atoms with E-state index in [1.54, 1.807) is 0 Å². The van der Waals surface area contributed by atoms with Crippen molar-refractivity contribution in [3.63, 3.8) is 0 Å². The Balaban J connectivity index is 3.08. The lowest BCUT2D eigenvalue weighted by Gasteiger charge is -2.17. The highest BCUT2D eigenvalue weighted by molar-refractivity contribution is 6.14. The number of unbranched alkanes of at least 4 members (excludes halogenated alkanes) is 13. The van der Waals surface area contributed by atoms with Crippen molar-refractivity contribution in [2.45, 2.75) is 141 Å². The standard InChI is InChI=1S/C22H44Si2/c1-21(2,23)19-17-15-13-11-9-7-5-6-8-10-12-14-16-18-20-22(3,4)24/h5-20H2,1-4H3. The van der Waals surface area contributed by atoms with Gasteiger partial charge in [0, 0.05) is 20.5 Å². The first-order chi connectivity index (χ1) is 11.2. The third-order valence-corrected chi connectivity index (χ3v) is 5.35. The maximum atomic E-state index is 3.78. The average molecular weight is 365 g/mol. The highest BCUT2D eigenvalue weighted by atomic mass is 28.1. The molecule has 0 amide bonds. The smallest absolute Gasteiger partial charge is 0.0305 e. The van der Waals surface area contributed by atoms with Gasteiger partial charge in [0.15, 0.2) is 0 Å². The van der Waals surface area contributed by atoms with Gasteiger partial charge in [-0.3, -0.25) is 0 Å². The molecule has 0 N–H and O–H groups in total. The van der Waals surface area contributed by atoms with E-state index in [1.807, 2.05) is 0 Å². The molecule has 0 fully saturated rings. The lowest BCUT2D eigenvalue weighted by Crippen LogP contribution is -2.01. The van der Waals surface area contributed by atoms with Gasteiger partial charge in [0.1, 0.15) is 0 Å². The van der Waals surface area contributed by atoms with Crippen LogP contribution >= 0.6 is 0 Å². The highest BCUT2D eigenvalue weighted by Crippen LogP contribution is 2.27. The van der Waals surface area contributed by atoms with Crippen LogP contribution in [0.1, 0.15) is 130 Å². The quantitative estimate of drug-likeness (QED) is 0.181. The van der Waals surface area contributed by atoms with Crippen molar-refractivity contribution in [3.8, 4) is 0 Å². The maximum Gasteiger partial charge on any atom is 0.0305 e. The van der Waals surface area contributed by atoms with E-state index in [-0.39, 0.29) is 0 Å². The van der Waals surface area contributed by atoms with E-state index in [0.717, 1.165) is 0 Å². The van der Waals surface area contributed by atoms with Crippen LogP contribution in [0.15, 0.2) is 0 Å². The van der Waals surface area contributed by atoms with Crippen LogP contribution < -0.4 is 0 Å². The Morgan fingerprint density at radius 1 is 0.375 bits per heavy atom. The lowest BCUT2D eigenvalue weighted by molar-refractivity contribution is 0.504. The molecule has 0 aromatic rings. The lowest BCUT2D eigenvalue weighted by atomic mass is 10.0. The van der Waals surface area contributed by atoms with Gasteiger partial charge in [-0.05, 0) is 10.1 Å². The molecule has 140 valence electrons. The highest BCUT2D eigenvalue weighted by Gasteiger charge is 2.09. The molecule has 0 aromatic carbocycles. The Kier molecular flexibility index (Phi) is 14.9. The topological polar surface area (TPSA) is 0 Å². The van der Waals surface area contributed by atoms with Crippen molar-refractivity contribution < 1.29 is 0 Å². The van der Waals surface area contributed by atoms with Crippen LogP contribution in [0.25, 0.3) is 0 Å². The minimum Gasteiger partial charge on any atom is -0.0631 e. The second kappa shape index (κ2) is 14.6. The van der Waals surface area contributed by atoms with E-state index in [9.17, 15) is 0 Å². The summed E-state index contributed by atoms with van der Waals surface area (Å²) in [6.45, 7) is 9.09. The van der Waals surface area contributed by atoms with Gasteiger partial charge in [-0.15, -0.1) is 0 Å². The molecule has 0 aliphatic heterocycles. The Hall–Kier alpha value is 0.434. The second-order valence-electron chi connectivity index (χ2n) is 9.22. The molecule has 0 nitrogen and oxygen atoms in total. The van der Waals surface area contributed by atoms with Crippen LogP contribution in [0.2, 0.25) is 10.1 Å². The minimum atomic E-state index is 0.338. The fourth-order valence-electron chi connectivity index (χ4n) is 3.26. The van der Waals surface area contributed by atoms with Crippen LogP contribution in [0.5, 0.6) is 0 Å². The van der Waals surface area contributed by atoms with Crippen molar-refractivity contribution in [2.75, 3.05) is 0 Å². The van der Waals surface area contributed by atoms with Gasteiger partial charge in [-0.2, -0.15) is 0 Å². The summed E-state index contributed by atoms with van der Waals surface area (Å²) >= 11 is 0. The molecular weight excluding hydrogens is 320 g/mol. The van der Waals surface area contributed by atoms with Gasteiger partial charge in [-0.25, -0.2) is 0 Å². The Bertz CT molecular complexity index is 232. The monoisotopic (exact) mass is 364 g/mol. The SMILES string of the molecule is CC(C)([Si])CCCCCCCCCCCCCCCCC(C)(C)[Si]. The molecule has 6 radical (unpaired) electrons. The summed E-state index contributed by atoms with van der Waals surface area (Å²) in [6, 6.07) is 0. The molecule has 0 aromatic heterocycles. The molecule has 24 heavy (non-hydrogen) atoms. The molecule has 0 saturated carbocycles. The van der Waals surface area contributed by atoms with Crippen LogP contribution in [-0.4, -0.2) is 20.5 Å². The van der Waals surface area contributed by atoms with Crippen molar-refractivity contribution in [1.82, 2.24) is 0 Å². The van der Waals surface area contributed by atoms with E-state index in [0.29, 0.717) is 10.1 Å². The molecule has 0 heterocycles. The van der Waals surface area contributed by atoms with E-state index in [1.165, 1.54) is 103 Å². The first kappa shape index (κ1) is 24.4. The van der Waals surface area contributed by atoms with Crippen LogP contribution in [0.4, 0.5) is 0 Å². The van der Waals surface area contributed by atoms with Crippen LogP contribution in [0, 0.1) is 0 Å². The molecule has 0 spiro atoms. The van der Waals surface area contributed by atoms with Gasteiger partial charge in [0.05, 0.1) is 0 Å². The van der Waals surface area contributed by atoms with Gasteiger partial charge in [0.25, 0.3) is 0 Å². The Morgan fingerprint density at radius 3 is 0.708 bits per heavy atom. The zero-order chi connectivity index (χ0) is 18.3. The fourth-order valence-corrected chi connectivity index (χ4v) is 3.61. The molecule has 0 saturated heterocycles. The first-order valence-electron chi connectivity index (χ1n) is 10.7. The molecule has 0 atom stereocenters. The first-order valence-corrected chi connectivity index (χ1v) is 11.7. The van der Waals surface area contributed by atoms with Crippen LogP contribution in [-0.2, 0) is 0 Å². The van der Waals surface area contributed by atoms with Gasteiger partial charge in [0.2, 0.25) is 0 Å². The molecule has 0 aliphatic carbocycles. The van der Waals surface area contributed by atoms with Crippen molar-refractivity contribution in [2.24, 2.45) is 0 Å². The second-order valence-corrected chi connectivity index (χ2v) is 11.9. The molecular formula is C22H44Si2. The predicted octanol–water partition coefficient (Wildman–Crippen LogP) is 7.96. The van der Waals surface area contributed by atoms with Gasteiger partial charge >= 0.3 is 0 Å². The van der Waals surface area contributed by atoms with Crippen molar-refractivity contribution in [1.29, 1.82) is 0 Å². The fraction of sp³-hybridized carbons (Fsp3) is 1.00. The predicted molar refractivity (Wildman–Crippen MR) is 113 cm³/mol. The normalized spacial score (nSPS) is 12.8. The van der Waals surface area contributed by atoms with Crippen LogP contribution in [0.3, 0.4) is 0 Å². The molecule has 0 bridgehead atoms. The van der Waals surface area contributed by atoms with E-state index >= 15 is 0 Å². The van der Waals surface area contributed by atoms with Gasteiger partial charge < -0.3 is 0 Å². The van der Waals surface area contributed by atoms with E-state index in [4.69, 9.17) is 0 Å². The largest absolute Gasteiger partial charge is 0.0631 e. The molecule has 0 rings (SSSR count). The summed E-state index contributed by atoms with van der Waals surface area (Å²) in [5, 5.41) is 0.675. The summed E-state index contributed by atoms with van der Waals surface area (Å²) < 4.78 is 0. The molecule has 0 aliphatic rings. The zero-order valence-corrected chi connectivity index (χ0v) is 19.3. The van der Waals surface area contributed by atoms with Crippen molar-refractivity contribution >= 4 is 20.5 Å². The summed E-state index contributed by atoms with van der Waals surface area (Å²) in [5.74, 6) is 0. The Labute approximate surface area is 161 Å². The minimum absolute atomic E-state index is 0.338. The number of hydrogen-bond acceptors (Lipinski definition) is 0.